The maximum Gasteiger partial charge on any atom is 0.272 e. The number of amides is 1. The van der Waals surface area contributed by atoms with Crippen molar-refractivity contribution in [1.29, 1.82) is 0 Å². The zero-order valence-corrected chi connectivity index (χ0v) is 14.4. The summed E-state index contributed by atoms with van der Waals surface area (Å²) in [5, 5.41) is 3.74. The van der Waals surface area contributed by atoms with Gasteiger partial charge in [0.25, 0.3) is 5.91 Å². The molecule has 1 aromatic carbocycles. The van der Waals surface area contributed by atoms with Crippen LogP contribution in [0.5, 0.6) is 0 Å². The second-order valence-corrected chi connectivity index (χ2v) is 5.87. The van der Waals surface area contributed by atoms with Crippen LogP contribution < -0.4 is 5.32 Å². The summed E-state index contributed by atoms with van der Waals surface area (Å²) >= 11 is 6.01. The first kappa shape index (κ1) is 17.2. The number of carbonyl (C=O) groups excluding carboxylic acids is 1. The highest BCUT2D eigenvalue weighted by Crippen LogP contribution is 2.22. The summed E-state index contributed by atoms with van der Waals surface area (Å²) in [6, 6.07) is 7.17. The lowest BCUT2D eigenvalue weighted by atomic mass is 10.2. The Morgan fingerprint density at radius 1 is 1.35 bits per heavy atom. The van der Waals surface area contributed by atoms with Gasteiger partial charge in [0.05, 0.1) is 0 Å². The molecule has 122 valence electrons. The lowest BCUT2D eigenvalue weighted by molar-refractivity contribution is 0.0787. The molecule has 23 heavy (non-hydrogen) atoms. The number of unbranched alkanes of at least 4 members (excludes halogenated alkanes) is 1. The molecule has 0 bridgehead atoms. The van der Waals surface area contributed by atoms with Crippen molar-refractivity contribution in [3.63, 3.8) is 0 Å². The van der Waals surface area contributed by atoms with Crippen LogP contribution in [0.1, 0.15) is 35.8 Å². The van der Waals surface area contributed by atoms with Crippen LogP contribution in [-0.2, 0) is 0 Å². The molecular formula is C17H21ClN4O. The Morgan fingerprint density at radius 2 is 2.13 bits per heavy atom. The first-order valence-electron chi connectivity index (χ1n) is 7.63. The molecule has 0 aliphatic rings. The van der Waals surface area contributed by atoms with E-state index in [0.29, 0.717) is 16.7 Å². The van der Waals surface area contributed by atoms with Crippen LogP contribution in [0.3, 0.4) is 0 Å². The molecule has 5 nitrogen and oxygen atoms in total. The summed E-state index contributed by atoms with van der Waals surface area (Å²) in [5.41, 5.74) is 2.22. The van der Waals surface area contributed by atoms with Gasteiger partial charge in [-0.25, -0.2) is 9.97 Å². The fourth-order valence-electron chi connectivity index (χ4n) is 2.08. The minimum atomic E-state index is -0.105. The minimum Gasteiger partial charge on any atom is -0.340 e. The maximum absolute atomic E-state index is 12.4. The summed E-state index contributed by atoms with van der Waals surface area (Å²) in [6.07, 6.45) is 3.60. The van der Waals surface area contributed by atoms with Gasteiger partial charge >= 0.3 is 0 Å². The average molecular weight is 333 g/mol. The van der Waals surface area contributed by atoms with E-state index in [4.69, 9.17) is 11.6 Å². The van der Waals surface area contributed by atoms with Gasteiger partial charge in [0.1, 0.15) is 5.69 Å². The Morgan fingerprint density at radius 3 is 2.87 bits per heavy atom. The third kappa shape index (κ3) is 4.66. The van der Waals surface area contributed by atoms with Crippen LogP contribution in [0.2, 0.25) is 5.02 Å². The van der Waals surface area contributed by atoms with Crippen molar-refractivity contribution in [2.45, 2.75) is 26.7 Å². The Balaban J connectivity index is 2.16. The Kier molecular flexibility index (Phi) is 5.93. The lowest BCUT2D eigenvalue weighted by Gasteiger charge is -2.16. The van der Waals surface area contributed by atoms with Gasteiger partial charge in [0.15, 0.2) is 0 Å². The predicted molar refractivity (Wildman–Crippen MR) is 93.4 cm³/mol. The molecule has 0 unspecified atom stereocenters. The monoisotopic (exact) mass is 332 g/mol. The van der Waals surface area contributed by atoms with Crippen molar-refractivity contribution in [3.8, 4) is 0 Å². The summed E-state index contributed by atoms with van der Waals surface area (Å²) in [5.74, 6) is 0.275. The van der Waals surface area contributed by atoms with Crippen molar-refractivity contribution >= 4 is 29.1 Å². The van der Waals surface area contributed by atoms with Crippen molar-refractivity contribution in [1.82, 2.24) is 14.9 Å². The largest absolute Gasteiger partial charge is 0.340 e. The fraction of sp³-hybridized carbons (Fsp3) is 0.353. The van der Waals surface area contributed by atoms with Crippen LogP contribution in [0, 0.1) is 6.92 Å². The molecule has 0 aliphatic heterocycles. The highest BCUT2D eigenvalue weighted by Gasteiger charge is 2.14. The van der Waals surface area contributed by atoms with E-state index in [1.54, 1.807) is 24.2 Å². The molecule has 6 heteroatoms. The Labute approximate surface area is 141 Å². The van der Waals surface area contributed by atoms with Crippen molar-refractivity contribution < 1.29 is 4.79 Å². The van der Waals surface area contributed by atoms with E-state index in [1.165, 1.54) is 0 Å². The Hall–Kier alpha value is -2.14. The lowest BCUT2D eigenvalue weighted by Crippen LogP contribution is -2.28. The summed E-state index contributed by atoms with van der Waals surface area (Å²) in [6.45, 7) is 4.78. The number of aryl methyl sites for hydroxylation is 1. The summed E-state index contributed by atoms with van der Waals surface area (Å²) < 4.78 is 0. The van der Waals surface area contributed by atoms with E-state index < -0.39 is 0 Å². The highest BCUT2D eigenvalue weighted by molar-refractivity contribution is 6.30. The van der Waals surface area contributed by atoms with Crippen LogP contribution in [-0.4, -0.2) is 34.4 Å². The van der Waals surface area contributed by atoms with Crippen LogP contribution in [0.15, 0.2) is 30.5 Å². The van der Waals surface area contributed by atoms with Gasteiger partial charge in [-0.15, -0.1) is 0 Å². The number of aromatic nitrogens is 2. The molecular weight excluding hydrogens is 312 g/mol. The number of halogens is 1. The molecule has 0 saturated heterocycles. The van der Waals surface area contributed by atoms with Gasteiger partial charge in [-0.3, -0.25) is 4.79 Å². The molecule has 1 aromatic heterocycles. The van der Waals surface area contributed by atoms with Gasteiger partial charge in [-0.2, -0.15) is 0 Å². The molecule has 0 fully saturated rings. The standard InChI is InChI=1S/C17H21ClN4O/c1-4-5-10-22(3)16(23)14-8-9-19-17(20-14)21-15-11-13(18)7-6-12(15)2/h6-9,11H,4-5,10H2,1-3H3,(H,19,20,21). The van der Waals surface area contributed by atoms with Crippen LogP contribution in [0.25, 0.3) is 0 Å². The number of rotatable bonds is 6. The third-order valence-corrected chi connectivity index (χ3v) is 3.75. The quantitative estimate of drug-likeness (QED) is 0.866. The summed E-state index contributed by atoms with van der Waals surface area (Å²) in [4.78, 5) is 22.5. The van der Waals surface area contributed by atoms with E-state index in [-0.39, 0.29) is 5.91 Å². The Bertz CT molecular complexity index is 690. The molecule has 0 atom stereocenters. The van der Waals surface area contributed by atoms with Gasteiger partial charge in [0.2, 0.25) is 5.95 Å². The topological polar surface area (TPSA) is 58.1 Å². The second kappa shape index (κ2) is 7.92. The molecule has 0 aliphatic carbocycles. The molecule has 1 N–H and O–H groups in total. The minimum absolute atomic E-state index is 0.105. The van der Waals surface area contributed by atoms with E-state index in [2.05, 4.69) is 22.2 Å². The van der Waals surface area contributed by atoms with Gasteiger partial charge < -0.3 is 10.2 Å². The normalized spacial score (nSPS) is 10.4. The highest BCUT2D eigenvalue weighted by atomic mass is 35.5. The first-order valence-corrected chi connectivity index (χ1v) is 8.00. The number of benzene rings is 1. The second-order valence-electron chi connectivity index (χ2n) is 5.43. The molecule has 2 aromatic rings. The summed E-state index contributed by atoms with van der Waals surface area (Å²) in [7, 11) is 1.79. The molecule has 1 heterocycles. The van der Waals surface area contributed by atoms with E-state index in [9.17, 15) is 4.79 Å². The van der Waals surface area contributed by atoms with E-state index >= 15 is 0 Å². The molecule has 2 rings (SSSR count). The maximum atomic E-state index is 12.4. The van der Waals surface area contributed by atoms with Crippen LogP contribution in [0.4, 0.5) is 11.6 Å². The SMILES string of the molecule is CCCCN(C)C(=O)c1ccnc(Nc2cc(Cl)ccc2C)n1. The zero-order chi connectivity index (χ0) is 16.8. The first-order chi connectivity index (χ1) is 11.0. The van der Waals surface area contributed by atoms with Crippen molar-refractivity contribution in [2.75, 3.05) is 18.9 Å². The molecule has 1 amide bonds. The fourth-order valence-corrected chi connectivity index (χ4v) is 2.25. The molecule has 0 spiro atoms. The number of anilines is 2. The molecule has 0 radical (unpaired) electrons. The van der Waals surface area contributed by atoms with Gasteiger partial charge in [-0.05, 0) is 37.1 Å². The number of nitrogens with zero attached hydrogens (tertiary/aromatic N) is 3. The third-order valence-electron chi connectivity index (χ3n) is 3.51. The van der Waals surface area contributed by atoms with Crippen molar-refractivity contribution in [3.05, 3.63) is 46.7 Å². The van der Waals surface area contributed by atoms with E-state index in [0.717, 1.165) is 30.6 Å². The zero-order valence-electron chi connectivity index (χ0n) is 13.6. The number of nitrogens with one attached hydrogen (secondary N) is 1. The number of carbonyl (C=O) groups is 1. The number of hydrogen-bond donors (Lipinski definition) is 1. The average Bonchev–Trinajstić information content (AvgIpc) is 2.55. The van der Waals surface area contributed by atoms with E-state index in [1.807, 2.05) is 25.1 Å². The van der Waals surface area contributed by atoms with Gasteiger partial charge in [0, 0.05) is 30.5 Å². The van der Waals surface area contributed by atoms with Crippen LogP contribution >= 0.6 is 11.6 Å². The van der Waals surface area contributed by atoms with Gasteiger partial charge in [-0.1, -0.05) is 31.0 Å². The molecule has 0 saturated carbocycles. The smallest absolute Gasteiger partial charge is 0.272 e. The number of hydrogen-bond acceptors (Lipinski definition) is 4. The van der Waals surface area contributed by atoms with Crippen molar-refractivity contribution in [2.24, 2.45) is 0 Å². The predicted octanol–water partition coefficient (Wildman–Crippen LogP) is 4.05.